The van der Waals surface area contributed by atoms with Crippen LogP contribution >= 0.6 is 0 Å². The lowest BCUT2D eigenvalue weighted by Gasteiger charge is -2.23. The summed E-state index contributed by atoms with van der Waals surface area (Å²) in [5.41, 5.74) is 6.64. The van der Waals surface area contributed by atoms with Gasteiger partial charge in [0.25, 0.3) is 5.91 Å². The first-order chi connectivity index (χ1) is 9.10. The maximum Gasteiger partial charge on any atom is 0.256 e. The molecule has 0 aliphatic rings. The molecule has 0 fully saturated rings. The number of hydrogen-bond acceptors (Lipinski definition) is 3. The second kappa shape index (κ2) is 7.67. The summed E-state index contributed by atoms with van der Waals surface area (Å²) in [6.45, 7) is 5.69. The fourth-order valence-electron chi connectivity index (χ4n) is 1.91. The van der Waals surface area contributed by atoms with Crippen molar-refractivity contribution in [3.8, 4) is 5.75 Å². The lowest BCUT2D eigenvalue weighted by molar-refractivity contribution is 0.0751. The van der Waals surface area contributed by atoms with Gasteiger partial charge in [0.05, 0.1) is 5.56 Å². The van der Waals surface area contributed by atoms with Crippen molar-refractivity contribution in [3.63, 3.8) is 0 Å². The number of hydrogen-bond donors (Lipinski definition) is 2. The predicted octanol–water partition coefficient (Wildman–Crippen LogP) is 3.02. The highest BCUT2D eigenvalue weighted by Crippen LogP contribution is 2.20. The third-order valence-corrected chi connectivity index (χ3v) is 3.12. The standard InChI is InChI=1S/C15H24N2O2/c1-3-5-9-17(10-6-4-2)15(19)13-11-12(18)7-8-14(13)16/h7-8,11,18H,3-6,9-10,16H2,1-2H3. The molecular formula is C15H24N2O2. The lowest BCUT2D eigenvalue weighted by atomic mass is 10.1. The number of nitrogens with two attached hydrogens (primary N) is 1. The Morgan fingerprint density at radius 1 is 1.21 bits per heavy atom. The molecule has 0 aromatic heterocycles. The van der Waals surface area contributed by atoms with Gasteiger partial charge in [-0.15, -0.1) is 0 Å². The number of phenols is 1. The summed E-state index contributed by atoms with van der Waals surface area (Å²) in [7, 11) is 0. The first-order valence-electron chi connectivity index (χ1n) is 6.97. The molecule has 0 saturated carbocycles. The molecule has 1 aromatic carbocycles. The summed E-state index contributed by atoms with van der Waals surface area (Å²) in [6.07, 6.45) is 4.05. The number of nitrogen functional groups attached to an aromatic ring is 1. The molecule has 1 amide bonds. The Hall–Kier alpha value is -1.71. The van der Waals surface area contributed by atoms with E-state index in [1.807, 2.05) is 4.90 Å². The van der Waals surface area contributed by atoms with Gasteiger partial charge in [0.2, 0.25) is 0 Å². The van der Waals surface area contributed by atoms with E-state index in [0.717, 1.165) is 38.8 Å². The molecule has 0 heterocycles. The average Bonchev–Trinajstić information content (AvgIpc) is 2.41. The van der Waals surface area contributed by atoms with Crippen LogP contribution in [0.5, 0.6) is 5.75 Å². The molecule has 0 aliphatic heterocycles. The predicted molar refractivity (Wildman–Crippen MR) is 78.2 cm³/mol. The summed E-state index contributed by atoms with van der Waals surface area (Å²) in [4.78, 5) is 14.3. The Labute approximate surface area is 115 Å². The monoisotopic (exact) mass is 264 g/mol. The normalized spacial score (nSPS) is 10.4. The van der Waals surface area contributed by atoms with Crippen LogP contribution in [0.25, 0.3) is 0 Å². The molecular weight excluding hydrogens is 240 g/mol. The van der Waals surface area contributed by atoms with Crippen LogP contribution in [0.2, 0.25) is 0 Å². The number of benzene rings is 1. The number of aromatic hydroxyl groups is 1. The molecule has 0 bridgehead atoms. The van der Waals surface area contributed by atoms with Crippen LogP contribution in [-0.2, 0) is 0 Å². The van der Waals surface area contributed by atoms with Crippen LogP contribution in [0.3, 0.4) is 0 Å². The third-order valence-electron chi connectivity index (χ3n) is 3.12. The van der Waals surface area contributed by atoms with Crippen molar-refractivity contribution in [3.05, 3.63) is 23.8 Å². The van der Waals surface area contributed by atoms with Crippen molar-refractivity contribution in [1.82, 2.24) is 4.90 Å². The number of amides is 1. The van der Waals surface area contributed by atoms with Crippen LogP contribution in [0.15, 0.2) is 18.2 Å². The molecule has 0 saturated heterocycles. The minimum Gasteiger partial charge on any atom is -0.508 e. The van der Waals surface area contributed by atoms with Crippen molar-refractivity contribution in [2.75, 3.05) is 18.8 Å². The van der Waals surface area contributed by atoms with Crippen LogP contribution in [0.1, 0.15) is 49.9 Å². The average molecular weight is 264 g/mol. The van der Waals surface area contributed by atoms with Crippen LogP contribution in [0.4, 0.5) is 5.69 Å². The Morgan fingerprint density at radius 3 is 2.32 bits per heavy atom. The Balaban J connectivity index is 2.87. The summed E-state index contributed by atoms with van der Waals surface area (Å²) < 4.78 is 0. The molecule has 106 valence electrons. The van der Waals surface area contributed by atoms with Crippen LogP contribution in [0, 0.1) is 0 Å². The maximum absolute atomic E-state index is 12.5. The van der Waals surface area contributed by atoms with Gasteiger partial charge in [-0.2, -0.15) is 0 Å². The molecule has 4 heteroatoms. The first kappa shape index (κ1) is 15.3. The van der Waals surface area contributed by atoms with Gasteiger partial charge >= 0.3 is 0 Å². The second-order valence-electron chi connectivity index (χ2n) is 4.77. The summed E-state index contributed by atoms with van der Waals surface area (Å²) in [5.74, 6) is -0.0150. The zero-order chi connectivity index (χ0) is 14.3. The minimum absolute atomic E-state index is 0.0727. The lowest BCUT2D eigenvalue weighted by Crippen LogP contribution is -2.33. The minimum atomic E-state index is -0.0877. The zero-order valence-corrected chi connectivity index (χ0v) is 11.9. The summed E-state index contributed by atoms with van der Waals surface area (Å²) in [5, 5.41) is 9.49. The van der Waals surface area contributed by atoms with E-state index in [0.29, 0.717) is 11.3 Å². The Morgan fingerprint density at radius 2 is 1.79 bits per heavy atom. The smallest absolute Gasteiger partial charge is 0.256 e. The number of nitrogens with zero attached hydrogens (tertiary/aromatic N) is 1. The molecule has 0 unspecified atom stereocenters. The fraction of sp³-hybridized carbons (Fsp3) is 0.533. The number of unbranched alkanes of at least 4 members (excludes halogenated alkanes) is 2. The molecule has 1 aromatic rings. The van der Waals surface area contributed by atoms with Crippen LogP contribution in [-0.4, -0.2) is 29.0 Å². The van der Waals surface area contributed by atoms with Crippen molar-refractivity contribution in [2.24, 2.45) is 0 Å². The fourth-order valence-corrected chi connectivity index (χ4v) is 1.91. The number of carbonyl (C=O) groups excluding carboxylic acids is 1. The maximum atomic E-state index is 12.5. The van der Waals surface area contributed by atoms with Gasteiger partial charge in [-0.05, 0) is 31.0 Å². The van der Waals surface area contributed by atoms with Gasteiger partial charge in [0.1, 0.15) is 5.75 Å². The van der Waals surface area contributed by atoms with E-state index in [1.54, 1.807) is 6.07 Å². The number of carbonyl (C=O) groups is 1. The number of rotatable bonds is 7. The first-order valence-corrected chi connectivity index (χ1v) is 6.97. The van der Waals surface area contributed by atoms with Crippen molar-refractivity contribution < 1.29 is 9.90 Å². The van der Waals surface area contributed by atoms with Gasteiger partial charge in [-0.25, -0.2) is 0 Å². The second-order valence-corrected chi connectivity index (χ2v) is 4.77. The molecule has 0 spiro atoms. The summed E-state index contributed by atoms with van der Waals surface area (Å²) >= 11 is 0. The van der Waals surface area contributed by atoms with E-state index < -0.39 is 0 Å². The highest BCUT2D eigenvalue weighted by Gasteiger charge is 2.17. The highest BCUT2D eigenvalue weighted by molar-refractivity contribution is 5.99. The molecule has 0 aliphatic carbocycles. The molecule has 1 rings (SSSR count). The third kappa shape index (κ3) is 4.47. The molecule has 3 N–H and O–H groups in total. The molecule has 0 atom stereocenters. The van der Waals surface area contributed by atoms with Gasteiger partial charge in [-0.3, -0.25) is 4.79 Å². The van der Waals surface area contributed by atoms with Gasteiger partial charge in [-0.1, -0.05) is 26.7 Å². The van der Waals surface area contributed by atoms with Crippen molar-refractivity contribution >= 4 is 11.6 Å². The molecule has 4 nitrogen and oxygen atoms in total. The quantitative estimate of drug-likeness (QED) is 0.587. The number of anilines is 1. The Bertz CT molecular complexity index is 411. The highest BCUT2D eigenvalue weighted by atomic mass is 16.3. The van der Waals surface area contributed by atoms with Crippen molar-refractivity contribution in [1.29, 1.82) is 0 Å². The van der Waals surface area contributed by atoms with E-state index in [1.165, 1.54) is 12.1 Å². The van der Waals surface area contributed by atoms with E-state index in [4.69, 9.17) is 5.73 Å². The van der Waals surface area contributed by atoms with Crippen LogP contribution < -0.4 is 5.73 Å². The van der Waals surface area contributed by atoms with Crippen molar-refractivity contribution in [2.45, 2.75) is 39.5 Å². The number of phenolic OH excluding ortho intramolecular Hbond substituents is 1. The van der Waals surface area contributed by atoms with E-state index in [9.17, 15) is 9.90 Å². The molecule has 19 heavy (non-hydrogen) atoms. The van der Waals surface area contributed by atoms with E-state index in [-0.39, 0.29) is 11.7 Å². The van der Waals surface area contributed by atoms with E-state index in [2.05, 4.69) is 13.8 Å². The van der Waals surface area contributed by atoms with E-state index >= 15 is 0 Å². The zero-order valence-electron chi connectivity index (χ0n) is 11.9. The Kier molecular flexibility index (Phi) is 6.19. The summed E-state index contributed by atoms with van der Waals surface area (Å²) in [6, 6.07) is 4.51. The molecule has 0 radical (unpaired) electrons. The largest absolute Gasteiger partial charge is 0.508 e. The topological polar surface area (TPSA) is 66.6 Å². The SMILES string of the molecule is CCCCN(CCCC)C(=O)c1cc(O)ccc1N. The van der Waals surface area contributed by atoms with Gasteiger partial charge in [0, 0.05) is 18.8 Å². The van der Waals surface area contributed by atoms with Gasteiger partial charge < -0.3 is 15.7 Å². The van der Waals surface area contributed by atoms with Gasteiger partial charge in [0.15, 0.2) is 0 Å².